The maximum absolute atomic E-state index is 11.3. The largest absolute Gasteiger partial charge is 0.368 e. The van der Waals surface area contributed by atoms with Gasteiger partial charge in [0.15, 0.2) is 0 Å². The Hall–Kier alpha value is -1.51. The van der Waals surface area contributed by atoms with Crippen molar-refractivity contribution in [3.05, 3.63) is 29.8 Å². The maximum Gasteiger partial charge on any atom is 0.219 e. The van der Waals surface area contributed by atoms with Crippen LogP contribution in [0.2, 0.25) is 0 Å². The minimum atomic E-state index is 0.185. The van der Waals surface area contributed by atoms with Gasteiger partial charge < -0.3 is 9.80 Å². The molecule has 110 valence electrons. The minimum Gasteiger partial charge on any atom is -0.368 e. The van der Waals surface area contributed by atoms with Crippen LogP contribution in [0.15, 0.2) is 24.3 Å². The standard InChI is InChI=1S/C17H26N2O/c1-5-17(3,4)15-6-8-16(9-7-15)19-12-10-18(11-13-19)14(2)20/h6-9H,5,10-13H2,1-4H3. The number of hydrogen-bond donors (Lipinski definition) is 0. The first-order valence-electron chi connectivity index (χ1n) is 7.55. The van der Waals surface area contributed by atoms with Gasteiger partial charge in [-0.2, -0.15) is 0 Å². The molecule has 1 fully saturated rings. The Kier molecular flexibility index (Phi) is 4.36. The van der Waals surface area contributed by atoms with Gasteiger partial charge >= 0.3 is 0 Å². The van der Waals surface area contributed by atoms with Crippen molar-refractivity contribution >= 4 is 11.6 Å². The van der Waals surface area contributed by atoms with E-state index in [2.05, 4.69) is 49.9 Å². The highest BCUT2D eigenvalue weighted by Gasteiger charge is 2.20. The third kappa shape index (κ3) is 3.14. The van der Waals surface area contributed by atoms with Crippen LogP contribution in [0.25, 0.3) is 0 Å². The molecule has 0 spiro atoms. The van der Waals surface area contributed by atoms with E-state index >= 15 is 0 Å². The summed E-state index contributed by atoms with van der Waals surface area (Å²) >= 11 is 0. The van der Waals surface area contributed by atoms with E-state index in [1.54, 1.807) is 6.92 Å². The van der Waals surface area contributed by atoms with Gasteiger partial charge in [0.1, 0.15) is 0 Å². The fourth-order valence-corrected chi connectivity index (χ4v) is 2.61. The summed E-state index contributed by atoms with van der Waals surface area (Å²) < 4.78 is 0. The Labute approximate surface area is 122 Å². The van der Waals surface area contributed by atoms with Gasteiger partial charge in [0, 0.05) is 38.8 Å². The molecular weight excluding hydrogens is 248 g/mol. The van der Waals surface area contributed by atoms with Crippen LogP contribution in [0, 0.1) is 0 Å². The van der Waals surface area contributed by atoms with Gasteiger partial charge in [-0.05, 0) is 29.5 Å². The van der Waals surface area contributed by atoms with Gasteiger partial charge in [0.2, 0.25) is 5.91 Å². The quantitative estimate of drug-likeness (QED) is 0.846. The zero-order valence-corrected chi connectivity index (χ0v) is 13.1. The third-order valence-corrected chi connectivity index (χ3v) is 4.62. The second kappa shape index (κ2) is 5.86. The number of anilines is 1. The molecule has 1 aliphatic rings. The number of piperazine rings is 1. The number of hydrogen-bond acceptors (Lipinski definition) is 2. The molecule has 0 bridgehead atoms. The molecule has 1 amide bonds. The first-order chi connectivity index (χ1) is 9.44. The monoisotopic (exact) mass is 274 g/mol. The van der Waals surface area contributed by atoms with Crippen molar-refractivity contribution in [3.63, 3.8) is 0 Å². The van der Waals surface area contributed by atoms with Crippen LogP contribution in [0.1, 0.15) is 39.7 Å². The Morgan fingerprint density at radius 2 is 1.65 bits per heavy atom. The van der Waals surface area contributed by atoms with Gasteiger partial charge in [-0.15, -0.1) is 0 Å². The van der Waals surface area contributed by atoms with E-state index in [4.69, 9.17) is 0 Å². The molecule has 1 aromatic carbocycles. The first-order valence-corrected chi connectivity index (χ1v) is 7.55. The fourth-order valence-electron chi connectivity index (χ4n) is 2.61. The summed E-state index contributed by atoms with van der Waals surface area (Å²) in [7, 11) is 0. The van der Waals surface area contributed by atoms with E-state index in [-0.39, 0.29) is 11.3 Å². The molecule has 0 radical (unpaired) electrons. The Bertz CT molecular complexity index is 456. The predicted octanol–water partition coefficient (Wildman–Crippen LogP) is 3.04. The van der Waals surface area contributed by atoms with E-state index in [1.807, 2.05) is 4.90 Å². The number of nitrogens with zero attached hydrogens (tertiary/aromatic N) is 2. The fraction of sp³-hybridized carbons (Fsp3) is 0.588. The molecule has 1 saturated heterocycles. The van der Waals surface area contributed by atoms with Gasteiger partial charge in [0.25, 0.3) is 0 Å². The molecule has 0 aliphatic carbocycles. The zero-order valence-electron chi connectivity index (χ0n) is 13.1. The first kappa shape index (κ1) is 14.9. The molecule has 0 unspecified atom stereocenters. The van der Waals surface area contributed by atoms with Crippen molar-refractivity contribution in [3.8, 4) is 0 Å². The normalized spacial score (nSPS) is 16.4. The molecule has 0 saturated carbocycles. The topological polar surface area (TPSA) is 23.6 Å². The van der Waals surface area contributed by atoms with E-state index in [1.165, 1.54) is 11.3 Å². The zero-order chi connectivity index (χ0) is 14.8. The van der Waals surface area contributed by atoms with Gasteiger partial charge in [0.05, 0.1) is 0 Å². The van der Waals surface area contributed by atoms with Crippen LogP contribution in [-0.4, -0.2) is 37.0 Å². The van der Waals surface area contributed by atoms with Crippen molar-refractivity contribution in [2.24, 2.45) is 0 Å². The van der Waals surface area contributed by atoms with E-state index in [0.29, 0.717) is 0 Å². The highest BCUT2D eigenvalue weighted by Crippen LogP contribution is 2.28. The summed E-state index contributed by atoms with van der Waals surface area (Å²) in [5.41, 5.74) is 2.90. The van der Waals surface area contributed by atoms with Crippen molar-refractivity contribution in [2.75, 3.05) is 31.1 Å². The van der Waals surface area contributed by atoms with Gasteiger partial charge in [-0.25, -0.2) is 0 Å². The number of amides is 1. The van der Waals surface area contributed by atoms with Crippen LogP contribution in [-0.2, 0) is 10.2 Å². The Morgan fingerprint density at radius 1 is 1.10 bits per heavy atom. The number of benzene rings is 1. The highest BCUT2D eigenvalue weighted by atomic mass is 16.2. The lowest BCUT2D eigenvalue weighted by Crippen LogP contribution is -2.48. The van der Waals surface area contributed by atoms with Gasteiger partial charge in [-0.3, -0.25) is 4.79 Å². The Morgan fingerprint density at radius 3 is 2.10 bits per heavy atom. The molecule has 1 aromatic rings. The molecule has 0 N–H and O–H groups in total. The lowest BCUT2D eigenvalue weighted by molar-refractivity contribution is -0.129. The Balaban J connectivity index is 2.03. The number of rotatable bonds is 3. The van der Waals surface area contributed by atoms with Crippen LogP contribution in [0.5, 0.6) is 0 Å². The van der Waals surface area contributed by atoms with E-state index in [0.717, 1.165) is 32.6 Å². The number of carbonyl (C=O) groups is 1. The molecule has 20 heavy (non-hydrogen) atoms. The highest BCUT2D eigenvalue weighted by molar-refractivity contribution is 5.73. The van der Waals surface area contributed by atoms with E-state index in [9.17, 15) is 4.79 Å². The molecular formula is C17H26N2O. The number of carbonyl (C=O) groups excluding carboxylic acids is 1. The molecule has 0 aromatic heterocycles. The average molecular weight is 274 g/mol. The average Bonchev–Trinajstić information content (AvgIpc) is 2.47. The lowest BCUT2D eigenvalue weighted by Gasteiger charge is -2.36. The third-order valence-electron chi connectivity index (χ3n) is 4.62. The second-order valence-electron chi connectivity index (χ2n) is 6.28. The summed E-state index contributed by atoms with van der Waals surface area (Å²) in [5.74, 6) is 0.185. The minimum absolute atomic E-state index is 0.185. The molecule has 1 aliphatic heterocycles. The maximum atomic E-state index is 11.3. The summed E-state index contributed by atoms with van der Waals surface area (Å²) in [6.45, 7) is 12.0. The smallest absolute Gasteiger partial charge is 0.219 e. The van der Waals surface area contributed by atoms with Crippen LogP contribution in [0.4, 0.5) is 5.69 Å². The van der Waals surface area contributed by atoms with Crippen LogP contribution >= 0.6 is 0 Å². The summed E-state index contributed by atoms with van der Waals surface area (Å²) in [6, 6.07) is 8.93. The SMILES string of the molecule is CCC(C)(C)c1ccc(N2CCN(C(C)=O)CC2)cc1. The molecule has 1 heterocycles. The molecule has 3 nitrogen and oxygen atoms in total. The lowest BCUT2D eigenvalue weighted by atomic mass is 9.82. The predicted molar refractivity (Wildman–Crippen MR) is 84.2 cm³/mol. The molecule has 3 heteroatoms. The van der Waals surface area contributed by atoms with Crippen LogP contribution in [0.3, 0.4) is 0 Å². The van der Waals surface area contributed by atoms with Crippen molar-refractivity contribution < 1.29 is 4.79 Å². The van der Waals surface area contributed by atoms with Gasteiger partial charge in [-0.1, -0.05) is 32.9 Å². The van der Waals surface area contributed by atoms with Crippen molar-refractivity contribution in [2.45, 2.75) is 39.5 Å². The summed E-state index contributed by atoms with van der Waals surface area (Å²) in [5, 5.41) is 0. The molecule has 0 atom stereocenters. The van der Waals surface area contributed by atoms with E-state index < -0.39 is 0 Å². The summed E-state index contributed by atoms with van der Waals surface area (Å²) in [4.78, 5) is 15.6. The van der Waals surface area contributed by atoms with Crippen molar-refractivity contribution in [1.82, 2.24) is 4.90 Å². The summed E-state index contributed by atoms with van der Waals surface area (Å²) in [6.07, 6.45) is 1.14. The van der Waals surface area contributed by atoms with Crippen molar-refractivity contribution in [1.29, 1.82) is 0 Å². The second-order valence-corrected chi connectivity index (χ2v) is 6.28. The molecule has 2 rings (SSSR count). The van der Waals surface area contributed by atoms with Crippen LogP contribution < -0.4 is 4.90 Å².